The van der Waals surface area contributed by atoms with E-state index in [1.807, 2.05) is 12.1 Å². The Hall–Kier alpha value is -1.11. The third-order valence-corrected chi connectivity index (χ3v) is 5.95. The van der Waals surface area contributed by atoms with Crippen LogP contribution in [0.4, 0.5) is 0 Å². The van der Waals surface area contributed by atoms with Crippen LogP contribution in [0.3, 0.4) is 0 Å². The molecule has 1 fully saturated rings. The molecule has 0 aromatic heterocycles. The van der Waals surface area contributed by atoms with Crippen LogP contribution in [0.15, 0.2) is 24.3 Å². The maximum atomic E-state index is 11.8. The second-order valence-corrected chi connectivity index (χ2v) is 7.81. The van der Waals surface area contributed by atoms with Gasteiger partial charge in [0.1, 0.15) is 5.75 Å². The van der Waals surface area contributed by atoms with Crippen LogP contribution in [0.5, 0.6) is 5.75 Å². The van der Waals surface area contributed by atoms with Crippen molar-refractivity contribution in [1.29, 1.82) is 0 Å². The summed E-state index contributed by atoms with van der Waals surface area (Å²) in [6.45, 7) is 4.91. The standard InChI is InChI=1S/C15H24N2O3S/c1-3-21(19,20)17-9-7-14(8-10-17)16-12(2)13-5-4-6-15(18)11-13/h4-6,11-12,14,16,18H,3,7-10H2,1-2H3. The Balaban J connectivity index is 1.89. The molecule has 0 radical (unpaired) electrons. The summed E-state index contributed by atoms with van der Waals surface area (Å²) in [4.78, 5) is 0. The average molecular weight is 312 g/mol. The first-order valence-electron chi connectivity index (χ1n) is 7.45. The number of sulfonamides is 1. The zero-order chi connectivity index (χ0) is 15.5. The van der Waals surface area contributed by atoms with E-state index in [4.69, 9.17) is 0 Å². The summed E-state index contributed by atoms with van der Waals surface area (Å²) in [5.41, 5.74) is 1.04. The van der Waals surface area contributed by atoms with Crippen molar-refractivity contribution in [2.24, 2.45) is 0 Å². The lowest BCUT2D eigenvalue weighted by atomic mass is 10.0. The highest BCUT2D eigenvalue weighted by Crippen LogP contribution is 2.21. The number of benzene rings is 1. The third-order valence-electron chi connectivity index (χ3n) is 4.07. The van der Waals surface area contributed by atoms with Crippen molar-refractivity contribution in [3.05, 3.63) is 29.8 Å². The van der Waals surface area contributed by atoms with E-state index in [-0.39, 0.29) is 17.5 Å². The molecular weight excluding hydrogens is 288 g/mol. The lowest BCUT2D eigenvalue weighted by Crippen LogP contribution is -2.45. The molecule has 5 nitrogen and oxygen atoms in total. The number of phenolic OH excluding ortho intramolecular Hbond substituents is 1. The molecule has 1 aromatic carbocycles. The number of nitrogens with zero attached hydrogens (tertiary/aromatic N) is 1. The smallest absolute Gasteiger partial charge is 0.213 e. The molecule has 0 saturated carbocycles. The van der Waals surface area contributed by atoms with Gasteiger partial charge in [-0.25, -0.2) is 12.7 Å². The molecule has 0 spiro atoms. The zero-order valence-electron chi connectivity index (χ0n) is 12.6. The first-order valence-corrected chi connectivity index (χ1v) is 9.06. The predicted octanol–water partition coefficient (Wildman–Crippen LogP) is 1.86. The van der Waals surface area contributed by atoms with Gasteiger partial charge in [-0.3, -0.25) is 0 Å². The summed E-state index contributed by atoms with van der Waals surface area (Å²) in [5.74, 6) is 0.440. The molecule has 0 bridgehead atoms. The largest absolute Gasteiger partial charge is 0.508 e. The number of rotatable bonds is 5. The van der Waals surface area contributed by atoms with Crippen molar-refractivity contribution in [1.82, 2.24) is 9.62 Å². The lowest BCUT2D eigenvalue weighted by molar-refractivity contribution is 0.277. The number of phenols is 1. The molecular formula is C15H24N2O3S. The fourth-order valence-corrected chi connectivity index (χ4v) is 3.86. The lowest BCUT2D eigenvalue weighted by Gasteiger charge is -2.33. The second kappa shape index (κ2) is 6.77. The Labute approximate surface area is 127 Å². The summed E-state index contributed by atoms with van der Waals surface area (Å²) >= 11 is 0. The molecule has 1 aromatic rings. The molecule has 118 valence electrons. The van der Waals surface area contributed by atoms with E-state index in [9.17, 15) is 13.5 Å². The first-order chi connectivity index (χ1) is 9.92. The van der Waals surface area contributed by atoms with Gasteiger partial charge in [-0.1, -0.05) is 12.1 Å². The Morgan fingerprint density at radius 2 is 2.05 bits per heavy atom. The Morgan fingerprint density at radius 3 is 2.62 bits per heavy atom. The highest BCUT2D eigenvalue weighted by Gasteiger charge is 2.27. The van der Waals surface area contributed by atoms with Crippen LogP contribution < -0.4 is 5.32 Å². The normalized spacial score (nSPS) is 19.5. The van der Waals surface area contributed by atoms with Crippen molar-refractivity contribution in [3.63, 3.8) is 0 Å². The molecule has 1 atom stereocenters. The summed E-state index contributed by atoms with van der Waals surface area (Å²) < 4.78 is 25.2. The minimum Gasteiger partial charge on any atom is -0.508 e. The number of aromatic hydroxyl groups is 1. The highest BCUT2D eigenvalue weighted by molar-refractivity contribution is 7.89. The Kier molecular flexibility index (Phi) is 5.24. The van der Waals surface area contributed by atoms with Gasteiger partial charge in [-0.05, 0) is 44.4 Å². The number of piperidine rings is 1. The molecule has 2 N–H and O–H groups in total. The quantitative estimate of drug-likeness (QED) is 0.870. The van der Waals surface area contributed by atoms with Gasteiger partial charge in [0.2, 0.25) is 10.0 Å². The summed E-state index contributed by atoms with van der Waals surface area (Å²) in [7, 11) is -3.06. The van der Waals surface area contributed by atoms with E-state index < -0.39 is 10.0 Å². The molecule has 1 unspecified atom stereocenters. The Morgan fingerprint density at radius 1 is 1.38 bits per heavy atom. The summed E-state index contributed by atoms with van der Waals surface area (Å²) in [5, 5.41) is 13.0. The van der Waals surface area contributed by atoms with Crippen molar-refractivity contribution >= 4 is 10.0 Å². The summed E-state index contributed by atoms with van der Waals surface area (Å²) in [6.07, 6.45) is 1.64. The van der Waals surface area contributed by atoms with Gasteiger partial charge in [0, 0.05) is 25.2 Å². The van der Waals surface area contributed by atoms with E-state index in [2.05, 4.69) is 12.2 Å². The molecule has 0 aliphatic carbocycles. The molecule has 1 aliphatic rings. The van der Waals surface area contributed by atoms with Crippen molar-refractivity contribution in [3.8, 4) is 5.75 Å². The number of nitrogens with one attached hydrogen (secondary N) is 1. The molecule has 1 saturated heterocycles. The van der Waals surface area contributed by atoms with E-state index in [1.54, 1.807) is 23.4 Å². The highest BCUT2D eigenvalue weighted by atomic mass is 32.2. The molecule has 2 rings (SSSR count). The van der Waals surface area contributed by atoms with Crippen molar-refractivity contribution < 1.29 is 13.5 Å². The van der Waals surface area contributed by atoms with Gasteiger partial charge in [-0.2, -0.15) is 0 Å². The average Bonchev–Trinajstić information content (AvgIpc) is 2.48. The zero-order valence-corrected chi connectivity index (χ0v) is 13.4. The van der Waals surface area contributed by atoms with Crippen LogP contribution in [0.25, 0.3) is 0 Å². The van der Waals surface area contributed by atoms with Crippen LogP contribution in [-0.2, 0) is 10.0 Å². The summed E-state index contributed by atoms with van der Waals surface area (Å²) in [6, 6.07) is 7.67. The van der Waals surface area contributed by atoms with Gasteiger partial charge in [-0.15, -0.1) is 0 Å². The van der Waals surface area contributed by atoms with Crippen LogP contribution in [0.2, 0.25) is 0 Å². The first kappa shape index (κ1) is 16.3. The maximum Gasteiger partial charge on any atom is 0.213 e. The minimum atomic E-state index is -3.06. The second-order valence-electron chi connectivity index (χ2n) is 5.56. The maximum absolute atomic E-state index is 11.8. The van der Waals surface area contributed by atoms with E-state index in [0.717, 1.165) is 18.4 Å². The van der Waals surface area contributed by atoms with Crippen LogP contribution >= 0.6 is 0 Å². The van der Waals surface area contributed by atoms with Crippen LogP contribution in [0, 0.1) is 0 Å². The third kappa shape index (κ3) is 4.18. The number of hydrogen-bond acceptors (Lipinski definition) is 4. The topological polar surface area (TPSA) is 69.6 Å². The van der Waals surface area contributed by atoms with Gasteiger partial charge in [0.15, 0.2) is 0 Å². The monoisotopic (exact) mass is 312 g/mol. The van der Waals surface area contributed by atoms with Crippen LogP contribution in [0.1, 0.15) is 38.3 Å². The fourth-order valence-electron chi connectivity index (χ4n) is 2.73. The van der Waals surface area contributed by atoms with E-state index in [1.165, 1.54) is 0 Å². The molecule has 0 amide bonds. The van der Waals surface area contributed by atoms with E-state index >= 15 is 0 Å². The molecule has 1 aliphatic heterocycles. The Bertz CT molecular complexity index is 566. The van der Waals surface area contributed by atoms with Crippen molar-refractivity contribution in [2.75, 3.05) is 18.8 Å². The van der Waals surface area contributed by atoms with Gasteiger partial charge >= 0.3 is 0 Å². The number of hydrogen-bond donors (Lipinski definition) is 2. The minimum absolute atomic E-state index is 0.136. The molecule has 6 heteroatoms. The van der Waals surface area contributed by atoms with Gasteiger partial charge in [0.05, 0.1) is 5.75 Å². The van der Waals surface area contributed by atoms with Crippen LogP contribution in [-0.4, -0.2) is 42.7 Å². The SMILES string of the molecule is CCS(=O)(=O)N1CCC(NC(C)c2cccc(O)c2)CC1. The molecule has 21 heavy (non-hydrogen) atoms. The van der Waals surface area contributed by atoms with E-state index in [0.29, 0.717) is 19.1 Å². The van der Waals surface area contributed by atoms with Gasteiger partial charge < -0.3 is 10.4 Å². The molecule has 1 heterocycles. The van der Waals surface area contributed by atoms with Crippen molar-refractivity contribution in [2.45, 2.75) is 38.8 Å². The predicted molar refractivity (Wildman–Crippen MR) is 83.7 cm³/mol. The fraction of sp³-hybridized carbons (Fsp3) is 0.600. The van der Waals surface area contributed by atoms with Gasteiger partial charge in [0.25, 0.3) is 0 Å².